The zero-order chi connectivity index (χ0) is 77.3. The first-order valence-corrected chi connectivity index (χ1v) is 38.8. The molecule has 0 radical (unpaired) electrons. The molecule has 16 aromatic rings. The molecular weight excluding hydrogens is 1400 g/mol. The molecule has 3 fully saturated rings. The van der Waals surface area contributed by atoms with Crippen molar-refractivity contribution in [2.45, 2.75) is 117 Å². The van der Waals surface area contributed by atoms with E-state index in [0.717, 1.165) is 122 Å². The Kier molecular flexibility index (Phi) is 19.1. The maximum absolute atomic E-state index is 6.23. The second kappa shape index (κ2) is 29.1. The maximum atomic E-state index is 6.23. The predicted octanol–water partition coefficient (Wildman–Crippen LogP) is 20.3. The Balaban J connectivity index is 0.000000122. The van der Waals surface area contributed by atoms with Crippen molar-refractivity contribution in [1.29, 1.82) is 0 Å². The number of nitrogens with zero attached hydrogens (tertiary/aromatic N) is 8. The largest absolute Gasteiger partial charge is 0.494 e. The Bertz CT molecular complexity index is 5920. The molecule has 18 heteroatoms. The molecule has 0 N–H and O–H groups in total. The molecule has 3 aliphatic rings. The Morgan fingerprint density at radius 2 is 0.607 bits per heavy atom. The Morgan fingerprint density at radius 1 is 0.259 bits per heavy atom. The number of hydrogen-bond donors (Lipinski definition) is 0. The van der Waals surface area contributed by atoms with Gasteiger partial charge in [-0.25, -0.2) is 29.9 Å². The van der Waals surface area contributed by atoms with Crippen molar-refractivity contribution in [1.82, 2.24) is 39.9 Å². The monoisotopic (exact) mass is 1480 g/mol. The van der Waals surface area contributed by atoms with Crippen LogP contribution in [0.3, 0.4) is 0 Å². The van der Waals surface area contributed by atoms with Gasteiger partial charge in [-0.15, -0.1) is 11.3 Å². The van der Waals surface area contributed by atoms with Crippen LogP contribution >= 0.6 is 11.3 Å². The Labute approximate surface area is 658 Å². The lowest BCUT2D eigenvalue weighted by atomic mass is 9.79. The van der Waals surface area contributed by atoms with Gasteiger partial charge in [0.2, 0.25) is 0 Å². The van der Waals surface area contributed by atoms with Gasteiger partial charge in [0.05, 0.1) is 72.9 Å². The lowest BCUT2D eigenvalue weighted by Crippen LogP contribution is -2.41. The van der Waals surface area contributed by atoms with Crippen LogP contribution in [0.1, 0.15) is 83.1 Å². The number of pyridine rings is 2. The van der Waals surface area contributed by atoms with Gasteiger partial charge in [0.15, 0.2) is 17.5 Å². The van der Waals surface area contributed by atoms with Gasteiger partial charge in [-0.3, -0.25) is 9.97 Å². The first kappa shape index (κ1) is 73.5. The molecule has 9 heterocycles. The summed E-state index contributed by atoms with van der Waals surface area (Å²) in [5.41, 5.74) is 16.3. The maximum Gasteiger partial charge on any atom is 0.494 e. The van der Waals surface area contributed by atoms with E-state index in [0.29, 0.717) is 17.5 Å². The highest BCUT2D eigenvalue weighted by atomic mass is 32.1. The highest BCUT2D eigenvalue weighted by molar-refractivity contribution is 7.25. The molecule has 112 heavy (non-hydrogen) atoms. The topological polar surface area (TPSA) is 159 Å². The number of fused-ring (bicyclic) bond motifs is 6. The summed E-state index contributed by atoms with van der Waals surface area (Å²) < 4.78 is 39.9. The van der Waals surface area contributed by atoms with Gasteiger partial charge in [0.1, 0.15) is 0 Å². The summed E-state index contributed by atoms with van der Waals surface area (Å²) in [4.78, 5) is 38.7. The first-order valence-electron chi connectivity index (χ1n) is 38.0. The van der Waals surface area contributed by atoms with E-state index in [9.17, 15) is 0 Å². The van der Waals surface area contributed by atoms with Crippen molar-refractivity contribution in [3.8, 4) is 90.3 Å². The highest BCUT2D eigenvalue weighted by Crippen LogP contribution is 2.43. The van der Waals surface area contributed by atoms with Crippen LogP contribution in [0.5, 0.6) is 0 Å². The molecule has 0 saturated carbocycles. The molecule has 6 aromatic heterocycles. The second-order valence-corrected chi connectivity index (χ2v) is 32.9. The minimum Gasteiger partial charge on any atom is -0.399 e. The molecule has 0 unspecified atom stereocenters. The SMILES string of the molecule is CC1(C)OB(c2ccc(-c3nc(-c4ccc5c(c4)sc4ccccc45)c4ccccc4n3)cc2)OC1(C)C.CC1(C)OB(c2ccc(-c3nc(-c4cccc(-c5ccccn5)c4)c4ccccc4n3)cc2)OC1(C)C.CC1(C)OB(c2ccc(-c3nc(-c4cccc(-c5cccnc5)c4)c4ccccc4n3)cc2)OC1(C)C. The number of para-hydroxylation sites is 3. The van der Waals surface area contributed by atoms with E-state index in [1.807, 2.05) is 145 Å². The molecule has 0 spiro atoms. The van der Waals surface area contributed by atoms with Gasteiger partial charge >= 0.3 is 21.4 Å². The third kappa shape index (κ3) is 14.3. The van der Waals surface area contributed by atoms with Gasteiger partial charge in [-0.1, -0.05) is 206 Å². The normalized spacial score (nSPS) is 16.4. The summed E-state index contributed by atoms with van der Waals surface area (Å²) in [7, 11) is -1.20. The summed E-state index contributed by atoms with van der Waals surface area (Å²) >= 11 is 1.82. The summed E-state index contributed by atoms with van der Waals surface area (Å²) in [5, 5.41) is 5.66. The summed E-state index contributed by atoms with van der Waals surface area (Å²) in [6.45, 7) is 24.8. The van der Waals surface area contributed by atoms with Crippen LogP contribution in [0.25, 0.3) is 143 Å². The third-order valence-electron chi connectivity index (χ3n) is 22.8. The van der Waals surface area contributed by atoms with Crippen molar-refractivity contribution < 1.29 is 27.9 Å². The van der Waals surface area contributed by atoms with Crippen LogP contribution in [-0.2, 0) is 27.9 Å². The van der Waals surface area contributed by atoms with Gasteiger partial charge in [0, 0.05) is 99.4 Å². The molecule has 0 amide bonds. The zero-order valence-electron chi connectivity index (χ0n) is 64.8. The van der Waals surface area contributed by atoms with E-state index in [2.05, 4.69) is 239 Å². The smallest absolute Gasteiger partial charge is 0.399 e. The molecule has 550 valence electrons. The number of benzene rings is 10. The number of aromatic nitrogens is 8. The molecule has 3 saturated heterocycles. The number of thiophene rings is 1. The van der Waals surface area contributed by atoms with Gasteiger partial charge in [0.25, 0.3) is 0 Å². The van der Waals surface area contributed by atoms with Gasteiger partial charge in [-0.05, 0) is 166 Å². The number of rotatable bonds is 11. The lowest BCUT2D eigenvalue weighted by molar-refractivity contribution is 0.00578. The minimum absolute atomic E-state index is 0.373. The standard InChI is InChI=1S/C32H27BN2O2S.2C31H28BN3O2/c1-31(2)32(3,4)37-33(36-31)22-16-13-20(14-17-22)30-34-26-11-7-5-10-25(26)29(35-30)21-15-18-24-23-9-6-8-12-27(23)38-28(24)19-21;1-30(2)31(3,4)37-32(36-30)25-16-14-21(15-17-25)29-34-27-13-6-5-12-26(27)28(35-29)23-10-7-9-22(19-23)24-11-8-18-33-20-24;1-30(2)31(3,4)37-32(36-30)24-17-15-21(16-18-24)29-34-27-14-6-5-12-25(27)28(35-29)23-11-9-10-22(20-23)26-13-7-8-19-33-26/h5-19H,1-4H3;2*5-20H,1-4H3. The van der Waals surface area contributed by atoms with E-state index in [1.54, 1.807) is 6.20 Å². The highest BCUT2D eigenvalue weighted by Gasteiger charge is 2.54. The fraction of sp³-hybridized carbons (Fsp3) is 0.191. The van der Waals surface area contributed by atoms with Crippen molar-refractivity contribution in [3.05, 3.63) is 286 Å². The van der Waals surface area contributed by atoms with Crippen molar-refractivity contribution >= 4 is 102 Å². The molecule has 3 aliphatic heterocycles. The summed E-state index contributed by atoms with van der Waals surface area (Å²) in [6.07, 6.45) is 5.48. The fourth-order valence-corrected chi connectivity index (χ4v) is 15.3. The predicted molar refractivity (Wildman–Crippen MR) is 458 cm³/mol. The van der Waals surface area contributed by atoms with Crippen LogP contribution in [0.15, 0.2) is 286 Å². The fourth-order valence-electron chi connectivity index (χ4n) is 14.2. The molecule has 14 nitrogen and oxygen atoms in total. The average molecular weight is 1490 g/mol. The summed E-state index contributed by atoms with van der Waals surface area (Å²) in [6, 6.07) is 91.1. The van der Waals surface area contributed by atoms with Crippen molar-refractivity contribution in [2.24, 2.45) is 0 Å². The van der Waals surface area contributed by atoms with Crippen molar-refractivity contribution in [3.63, 3.8) is 0 Å². The average Bonchev–Trinajstić information content (AvgIpc) is 1.65. The van der Waals surface area contributed by atoms with Gasteiger partial charge in [-0.2, -0.15) is 0 Å². The van der Waals surface area contributed by atoms with Crippen LogP contribution in [0, 0.1) is 0 Å². The van der Waals surface area contributed by atoms with Crippen LogP contribution < -0.4 is 16.4 Å². The quantitative estimate of drug-likeness (QED) is 0.113. The van der Waals surface area contributed by atoms with Gasteiger partial charge < -0.3 is 27.9 Å². The lowest BCUT2D eigenvalue weighted by Gasteiger charge is -2.32. The van der Waals surface area contributed by atoms with Crippen molar-refractivity contribution in [2.75, 3.05) is 0 Å². The number of hydrogen-bond acceptors (Lipinski definition) is 15. The Morgan fingerprint density at radius 3 is 1.02 bits per heavy atom. The van der Waals surface area contributed by atoms with E-state index < -0.39 is 21.4 Å². The molecule has 0 bridgehead atoms. The van der Waals surface area contributed by atoms with E-state index in [-0.39, 0.29) is 33.6 Å². The minimum atomic E-state index is -0.401. The summed E-state index contributed by atoms with van der Waals surface area (Å²) in [5.74, 6) is 2.06. The van der Waals surface area contributed by atoms with E-state index in [1.165, 1.54) is 20.2 Å². The Hall–Kier alpha value is -11.3. The molecular formula is C94H83B3N8O6S. The molecule has 0 aliphatic carbocycles. The zero-order valence-corrected chi connectivity index (χ0v) is 65.6. The van der Waals surface area contributed by atoms with Crippen LogP contribution in [0.2, 0.25) is 0 Å². The molecule has 10 aromatic carbocycles. The third-order valence-corrected chi connectivity index (χ3v) is 23.9. The molecule has 0 atom stereocenters. The second-order valence-electron chi connectivity index (χ2n) is 31.8. The van der Waals surface area contributed by atoms with Crippen LogP contribution in [-0.4, -0.2) is 94.8 Å². The van der Waals surface area contributed by atoms with E-state index in [4.69, 9.17) is 57.8 Å². The first-order chi connectivity index (χ1) is 53.9. The van der Waals surface area contributed by atoms with E-state index >= 15 is 0 Å². The van der Waals surface area contributed by atoms with Crippen LogP contribution in [0.4, 0.5) is 0 Å². The molecule has 19 rings (SSSR count).